The van der Waals surface area contributed by atoms with Crippen molar-refractivity contribution < 1.29 is 18.3 Å². The van der Waals surface area contributed by atoms with Crippen molar-refractivity contribution in [1.82, 2.24) is 4.98 Å². The van der Waals surface area contributed by atoms with Crippen LogP contribution in [0.25, 0.3) is 11.1 Å². The molecular weight excluding hydrogens is 264 g/mol. The van der Waals surface area contributed by atoms with E-state index >= 15 is 0 Å². The number of rotatable bonds is 1. The fraction of sp³-hybridized carbons (Fsp3) is 0.267. The van der Waals surface area contributed by atoms with E-state index in [1.54, 1.807) is 30.5 Å². The Labute approximate surface area is 116 Å². The van der Waals surface area contributed by atoms with Crippen LogP contribution < -0.4 is 9.47 Å². The third-order valence-electron chi connectivity index (χ3n) is 2.73. The highest BCUT2D eigenvalue weighted by Crippen LogP contribution is 2.47. The summed E-state index contributed by atoms with van der Waals surface area (Å²) in [5.74, 6) is 0.0966. The first-order valence-electron chi connectivity index (χ1n) is 6.38. The maximum atomic E-state index is 13.1. The van der Waals surface area contributed by atoms with Gasteiger partial charge < -0.3 is 9.47 Å². The number of nitrogens with zero attached hydrogens (tertiary/aromatic N) is 1. The van der Waals surface area contributed by atoms with Gasteiger partial charge in [0.2, 0.25) is 0 Å². The average molecular weight is 279 g/mol. The van der Waals surface area contributed by atoms with Crippen molar-refractivity contribution in [3.63, 3.8) is 0 Å². The highest BCUT2D eigenvalue weighted by atomic mass is 19.3. The van der Waals surface area contributed by atoms with Crippen LogP contribution in [0.15, 0.2) is 36.5 Å². The van der Waals surface area contributed by atoms with Crippen molar-refractivity contribution in [3.05, 3.63) is 42.2 Å². The van der Waals surface area contributed by atoms with E-state index in [0.29, 0.717) is 5.56 Å². The Hall–Kier alpha value is -2.17. The van der Waals surface area contributed by atoms with Gasteiger partial charge in [0.15, 0.2) is 11.5 Å². The van der Waals surface area contributed by atoms with Crippen LogP contribution in [0.1, 0.15) is 19.5 Å². The van der Waals surface area contributed by atoms with E-state index in [-0.39, 0.29) is 11.5 Å². The molecule has 0 fully saturated rings. The molecule has 1 aromatic carbocycles. The number of ether oxygens (including phenoxy) is 2. The van der Waals surface area contributed by atoms with Crippen molar-refractivity contribution >= 4 is 0 Å². The van der Waals surface area contributed by atoms with Gasteiger partial charge in [0, 0.05) is 23.0 Å². The Balaban J connectivity index is 0.000000704. The summed E-state index contributed by atoms with van der Waals surface area (Å²) in [5, 5.41) is 0. The number of pyridine rings is 1. The summed E-state index contributed by atoms with van der Waals surface area (Å²) in [5.41, 5.74) is 2.04. The number of hydrogen-bond acceptors (Lipinski definition) is 3. The lowest BCUT2D eigenvalue weighted by Crippen LogP contribution is -2.26. The second-order valence-corrected chi connectivity index (χ2v) is 3.94. The highest BCUT2D eigenvalue weighted by molar-refractivity contribution is 5.75. The number of aromatic nitrogens is 1. The number of fused-ring (bicyclic) bond motifs is 1. The first-order valence-corrected chi connectivity index (χ1v) is 6.38. The van der Waals surface area contributed by atoms with Crippen LogP contribution >= 0.6 is 0 Å². The minimum Gasteiger partial charge on any atom is -0.395 e. The van der Waals surface area contributed by atoms with Crippen molar-refractivity contribution in [2.75, 3.05) is 0 Å². The van der Waals surface area contributed by atoms with Gasteiger partial charge in [0.05, 0.1) is 0 Å². The lowest BCUT2D eigenvalue weighted by Gasteiger charge is -2.08. The summed E-state index contributed by atoms with van der Waals surface area (Å²) in [4.78, 5) is 4.13. The molecule has 3 rings (SSSR count). The summed E-state index contributed by atoms with van der Waals surface area (Å²) in [6, 6.07) is 8.35. The van der Waals surface area contributed by atoms with Crippen molar-refractivity contribution in [2.24, 2.45) is 0 Å². The summed E-state index contributed by atoms with van der Waals surface area (Å²) in [6.07, 6.45) is -1.96. The Morgan fingerprint density at radius 2 is 1.70 bits per heavy atom. The lowest BCUT2D eigenvalue weighted by atomic mass is 10.0. The van der Waals surface area contributed by atoms with Crippen LogP contribution in [0.2, 0.25) is 0 Å². The second-order valence-electron chi connectivity index (χ2n) is 3.94. The van der Waals surface area contributed by atoms with Crippen LogP contribution in [0, 0.1) is 6.92 Å². The zero-order valence-electron chi connectivity index (χ0n) is 11.5. The fourth-order valence-corrected chi connectivity index (χ4v) is 1.95. The molecular formula is C15H15F2NO2. The lowest BCUT2D eigenvalue weighted by molar-refractivity contribution is -0.286. The molecule has 0 spiro atoms. The molecule has 2 aromatic rings. The van der Waals surface area contributed by atoms with Gasteiger partial charge in [-0.05, 0) is 19.1 Å². The van der Waals surface area contributed by atoms with Crippen LogP contribution in [0.3, 0.4) is 0 Å². The molecule has 0 amide bonds. The molecule has 1 aromatic heterocycles. The minimum atomic E-state index is -3.60. The maximum absolute atomic E-state index is 13.1. The molecule has 0 radical (unpaired) electrons. The first kappa shape index (κ1) is 14.2. The number of benzene rings is 1. The molecule has 5 heteroatoms. The van der Waals surface area contributed by atoms with Crippen molar-refractivity contribution in [1.29, 1.82) is 0 Å². The number of alkyl halides is 2. The third kappa shape index (κ3) is 2.57. The van der Waals surface area contributed by atoms with Crippen LogP contribution in [0.5, 0.6) is 11.5 Å². The molecule has 0 saturated carbocycles. The standard InChI is InChI=1S/C13H9F2NO2.C2H6/c1-8-9(5-3-7-16-8)10-4-2-6-11-12(10)18-13(14,15)17-11;1-2/h2-7H,1H3;1-2H3. The zero-order valence-corrected chi connectivity index (χ0v) is 11.5. The van der Waals surface area contributed by atoms with E-state index in [1.165, 1.54) is 6.07 Å². The molecule has 1 aliphatic rings. The molecule has 0 unspecified atom stereocenters. The van der Waals surface area contributed by atoms with Crippen LogP contribution in [0.4, 0.5) is 8.78 Å². The van der Waals surface area contributed by atoms with Crippen LogP contribution in [-0.4, -0.2) is 11.3 Å². The summed E-state index contributed by atoms with van der Waals surface area (Å²) >= 11 is 0. The van der Waals surface area contributed by atoms with Gasteiger partial charge in [-0.15, -0.1) is 8.78 Å². The summed E-state index contributed by atoms with van der Waals surface area (Å²) < 4.78 is 35.1. The highest BCUT2D eigenvalue weighted by Gasteiger charge is 2.44. The molecule has 106 valence electrons. The molecule has 0 saturated heterocycles. The molecule has 0 atom stereocenters. The predicted molar refractivity (Wildman–Crippen MR) is 72.0 cm³/mol. The molecule has 0 aliphatic carbocycles. The van der Waals surface area contributed by atoms with Gasteiger partial charge in [-0.25, -0.2) is 0 Å². The topological polar surface area (TPSA) is 31.4 Å². The molecule has 3 nitrogen and oxygen atoms in total. The third-order valence-corrected chi connectivity index (χ3v) is 2.73. The fourth-order valence-electron chi connectivity index (χ4n) is 1.95. The Morgan fingerprint density at radius 1 is 1.00 bits per heavy atom. The van der Waals surface area contributed by atoms with E-state index in [9.17, 15) is 8.78 Å². The number of hydrogen-bond donors (Lipinski definition) is 0. The van der Waals surface area contributed by atoms with E-state index in [0.717, 1.165) is 11.3 Å². The number of para-hydroxylation sites is 1. The van der Waals surface area contributed by atoms with Gasteiger partial charge in [-0.1, -0.05) is 32.0 Å². The average Bonchev–Trinajstić information content (AvgIpc) is 2.75. The van der Waals surface area contributed by atoms with Gasteiger partial charge in [-0.2, -0.15) is 0 Å². The molecule has 2 heterocycles. The zero-order chi connectivity index (χ0) is 14.8. The number of halogens is 2. The summed E-state index contributed by atoms with van der Waals surface area (Å²) in [7, 11) is 0. The van der Waals surface area contributed by atoms with Crippen molar-refractivity contribution in [2.45, 2.75) is 27.1 Å². The largest absolute Gasteiger partial charge is 0.586 e. The van der Waals surface area contributed by atoms with Gasteiger partial charge in [-0.3, -0.25) is 4.98 Å². The summed E-state index contributed by atoms with van der Waals surface area (Å²) in [6.45, 7) is 5.81. The Morgan fingerprint density at radius 3 is 2.40 bits per heavy atom. The van der Waals surface area contributed by atoms with E-state index in [2.05, 4.69) is 14.5 Å². The SMILES string of the molecule is CC.Cc1ncccc1-c1cccc2c1OC(F)(F)O2. The molecule has 0 N–H and O–H groups in total. The second kappa shape index (κ2) is 5.45. The quantitative estimate of drug-likeness (QED) is 0.775. The normalized spacial score (nSPS) is 14.4. The molecule has 0 bridgehead atoms. The smallest absolute Gasteiger partial charge is 0.395 e. The monoisotopic (exact) mass is 279 g/mol. The van der Waals surface area contributed by atoms with E-state index in [1.807, 2.05) is 20.8 Å². The first-order chi connectivity index (χ1) is 9.57. The van der Waals surface area contributed by atoms with E-state index < -0.39 is 6.29 Å². The predicted octanol–water partition coefficient (Wildman–Crippen LogP) is 4.40. The van der Waals surface area contributed by atoms with Crippen molar-refractivity contribution in [3.8, 4) is 22.6 Å². The molecule has 20 heavy (non-hydrogen) atoms. The van der Waals surface area contributed by atoms with E-state index in [4.69, 9.17) is 0 Å². The Bertz CT molecular complexity index is 615. The number of aryl methyl sites for hydroxylation is 1. The van der Waals surface area contributed by atoms with Gasteiger partial charge >= 0.3 is 6.29 Å². The van der Waals surface area contributed by atoms with Gasteiger partial charge in [0.25, 0.3) is 0 Å². The minimum absolute atomic E-state index is 0.0424. The molecule has 1 aliphatic heterocycles. The maximum Gasteiger partial charge on any atom is 0.586 e. The van der Waals surface area contributed by atoms with Crippen LogP contribution in [-0.2, 0) is 0 Å². The van der Waals surface area contributed by atoms with Gasteiger partial charge in [0.1, 0.15) is 0 Å². The Kier molecular flexibility index (Phi) is 3.88.